The molecule has 226 valence electrons. The van der Waals surface area contributed by atoms with Crippen LogP contribution in [0.5, 0.6) is 5.75 Å². The third-order valence-corrected chi connectivity index (χ3v) is 7.84. The number of nitrogens with two attached hydrogens (primary N) is 2. The Kier molecular flexibility index (Phi) is 9.81. The smallest absolute Gasteiger partial charge is 0.324 e. The number of nitrogens with one attached hydrogen (secondary N) is 1. The van der Waals surface area contributed by atoms with Crippen LogP contribution in [-0.4, -0.2) is 54.6 Å². The number of fused-ring (bicyclic) bond motifs is 5. The Hall–Kier alpha value is -3.90. The lowest BCUT2D eigenvalue weighted by molar-refractivity contribution is -0.145. The van der Waals surface area contributed by atoms with Gasteiger partial charge in [-0.25, -0.2) is 9.37 Å². The van der Waals surface area contributed by atoms with Crippen molar-refractivity contribution in [3.63, 3.8) is 0 Å². The van der Waals surface area contributed by atoms with Crippen LogP contribution in [0.15, 0.2) is 41.0 Å². The third kappa shape index (κ3) is 6.70. The van der Waals surface area contributed by atoms with Gasteiger partial charge in [0.1, 0.15) is 19.7 Å². The molecule has 1 aromatic carbocycles. The number of hydrogen-bond acceptors (Lipinski definition) is 9. The van der Waals surface area contributed by atoms with E-state index in [9.17, 15) is 9.18 Å². The molecule has 5 N–H and O–H groups in total. The molecule has 0 saturated heterocycles. The van der Waals surface area contributed by atoms with E-state index in [0.717, 1.165) is 6.42 Å². The van der Waals surface area contributed by atoms with E-state index in [0.29, 0.717) is 50.9 Å². The first-order chi connectivity index (χ1) is 20.4. The van der Waals surface area contributed by atoms with Crippen LogP contribution >= 0.6 is 11.6 Å². The summed E-state index contributed by atoms with van der Waals surface area (Å²) in [6, 6.07) is 5.10. The molecule has 3 heterocycles. The number of aliphatic imine (C=N–C) groups is 1. The number of benzene rings is 1. The minimum atomic E-state index is -1.59. The SMILES string of the molecule is [B][C@]1(C)Oc2cc(cnc2NCOC(=O)C(N)C(C)CC)-c2c(c(Cl)nn2CC)C/C(C=NC)=C(/N)c2ccc(F)cc21. The van der Waals surface area contributed by atoms with Gasteiger partial charge in [0.2, 0.25) is 0 Å². The van der Waals surface area contributed by atoms with E-state index < -0.39 is 23.3 Å². The number of rotatable bonds is 8. The molecule has 1 aliphatic heterocycles. The molecule has 2 aromatic heterocycles. The van der Waals surface area contributed by atoms with E-state index in [1.54, 1.807) is 43.2 Å². The van der Waals surface area contributed by atoms with E-state index in [-0.39, 0.29) is 30.6 Å². The highest BCUT2D eigenvalue weighted by Gasteiger charge is 2.31. The van der Waals surface area contributed by atoms with Crippen molar-refractivity contribution in [3.05, 3.63) is 63.7 Å². The molecule has 1 aliphatic rings. The highest BCUT2D eigenvalue weighted by Crippen LogP contribution is 2.40. The van der Waals surface area contributed by atoms with Crippen LogP contribution in [0, 0.1) is 11.7 Å². The number of hydrogen-bond donors (Lipinski definition) is 3. The zero-order chi connectivity index (χ0) is 31.5. The molecule has 3 atom stereocenters. The molecule has 13 heteroatoms. The number of allylic oxidation sites excluding steroid dienone is 1. The number of aryl methyl sites for hydroxylation is 1. The van der Waals surface area contributed by atoms with Gasteiger partial charge in [-0.2, -0.15) is 5.10 Å². The van der Waals surface area contributed by atoms with E-state index in [1.807, 2.05) is 20.8 Å². The summed E-state index contributed by atoms with van der Waals surface area (Å²) in [7, 11) is 8.39. The molecule has 0 amide bonds. The van der Waals surface area contributed by atoms with E-state index in [1.165, 1.54) is 12.1 Å². The van der Waals surface area contributed by atoms with Gasteiger partial charge in [0.05, 0.1) is 11.2 Å². The molecule has 4 rings (SSSR count). The number of carbonyl (C=O) groups excluding carboxylic acids is 1. The second kappa shape index (κ2) is 13.2. The number of pyridine rings is 1. The van der Waals surface area contributed by atoms with Crippen LogP contribution in [0.2, 0.25) is 5.15 Å². The zero-order valence-electron chi connectivity index (χ0n) is 24.9. The van der Waals surface area contributed by atoms with Crippen LogP contribution in [0.25, 0.3) is 17.0 Å². The van der Waals surface area contributed by atoms with E-state index in [2.05, 4.69) is 20.4 Å². The Balaban J connectivity index is 1.88. The lowest BCUT2D eigenvalue weighted by Gasteiger charge is -2.31. The fraction of sp³-hybridized carbons (Fsp3) is 0.400. The van der Waals surface area contributed by atoms with Gasteiger partial charge in [0.15, 0.2) is 23.5 Å². The number of nitrogens with zero attached hydrogens (tertiary/aromatic N) is 4. The minimum Gasteiger partial charge on any atom is -0.489 e. The second-order valence-electron chi connectivity index (χ2n) is 10.6. The molecule has 0 aliphatic carbocycles. The Morgan fingerprint density at radius 1 is 1.40 bits per heavy atom. The fourth-order valence-electron chi connectivity index (χ4n) is 4.90. The topological polar surface area (TPSA) is 143 Å². The van der Waals surface area contributed by atoms with Crippen molar-refractivity contribution in [2.24, 2.45) is 22.4 Å². The van der Waals surface area contributed by atoms with Gasteiger partial charge in [-0.3, -0.25) is 14.5 Å². The number of halogens is 2. The number of ether oxygens (including phenoxy) is 2. The first kappa shape index (κ1) is 32.0. The van der Waals surface area contributed by atoms with Gasteiger partial charge < -0.3 is 26.3 Å². The van der Waals surface area contributed by atoms with Crippen molar-refractivity contribution in [3.8, 4) is 17.0 Å². The van der Waals surface area contributed by atoms with Crippen LogP contribution in [0.4, 0.5) is 10.2 Å². The van der Waals surface area contributed by atoms with Crippen molar-refractivity contribution < 1.29 is 18.7 Å². The van der Waals surface area contributed by atoms with Crippen LogP contribution < -0.4 is 21.5 Å². The largest absolute Gasteiger partial charge is 0.489 e. The van der Waals surface area contributed by atoms with Crippen molar-refractivity contribution in [1.82, 2.24) is 14.8 Å². The molecular weight excluding hydrogens is 572 g/mol. The molecule has 0 saturated carbocycles. The second-order valence-corrected chi connectivity index (χ2v) is 11.0. The molecule has 2 radical (unpaired) electrons. The molecule has 43 heavy (non-hydrogen) atoms. The monoisotopic (exact) mass is 607 g/mol. The summed E-state index contributed by atoms with van der Waals surface area (Å²) in [5.74, 6) is -0.664. The van der Waals surface area contributed by atoms with E-state index in [4.69, 9.17) is 40.4 Å². The standard InChI is InChI=1S/C30H36BClFN7O3/c1-6-16(3)24(34)29(41)42-15-38-28-23-11-18(14-37-28)26-21(27(32)39-40(26)7-2)10-17(13-36-5)25(35)20-9-8-19(33)12-22(20)30(4,31)43-23/h8-9,11-14,16,24H,6-7,10,15,34-35H2,1-5H3,(H,37,38)/b25-17-,36-13?/t16?,24?,30-/m1/s1. The molecule has 0 fully saturated rings. The summed E-state index contributed by atoms with van der Waals surface area (Å²) in [5, 5.41) is 7.81. The molecule has 2 bridgehead atoms. The normalized spacial score (nSPS) is 19.8. The Morgan fingerprint density at radius 3 is 2.81 bits per heavy atom. The highest BCUT2D eigenvalue weighted by molar-refractivity contribution is 6.30. The summed E-state index contributed by atoms with van der Waals surface area (Å²) in [5.41, 5.74) is 14.9. The zero-order valence-corrected chi connectivity index (χ0v) is 25.7. The summed E-state index contributed by atoms with van der Waals surface area (Å²) in [6.45, 7) is 7.66. The van der Waals surface area contributed by atoms with Crippen LogP contribution in [0.1, 0.15) is 50.8 Å². The summed E-state index contributed by atoms with van der Waals surface area (Å²) in [6.07, 6.45) is 4.27. The number of esters is 1. The van der Waals surface area contributed by atoms with Crippen molar-refractivity contribution in [1.29, 1.82) is 0 Å². The maximum atomic E-state index is 14.6. The Labute approximate surface area is 257 Å². The summed E-state index contributed by atoms with van der Waals surface area (Å²) < 4.78 is 28.1. The maximum absolute atomic E-state index is 14.6. The molecule has 10 nitrogen and oxygen atoms in total. The molecular formula is C30H36BClFN7O3. The molecule has 3 aromatic rings. The van der Waals surface area contributed by atoms with Crippen LogP contribution in [0.3, 0.4) is 0 Å². The van der Waals surface area contributed by atoms with Gasteiger partial charge in [0.25, 0.3) is 0 Å². The molecule has 0 spiro atoms. The first-order valence-electron chi connectivity index (χ1n) is 14.0. The van der Waals surface area contributed by atoms with Gasteiger partial charge in [-0.15, -0.1) is 0 Å². The lowest BCUT2D eigenvalue weighted by atomic mass is 9.74. The fourth-order valence-corrected chi connectivity index (χ4v) is 5.14. The van der Waals surface area contributed by atoms with Gasteiger partial charge in [-0.1, -0.05) is 31.9 Å². The van der Waals surface area contributed by atoms with Crippen molar-refractivity contribution >= 4 is 43.1 Å². The minimum absolute atomic E-state index is 0.0455. The predicted molar refractivity (Wildman–Crippen MR) is 168 cm³/mol. The van der Waals surface area contributed by atoms with Crippen LogP contribution in [-0.2, 0) is 28.0 Å². The van der Waals surface area contributed by atoms with Gasteiger partial charge >= 0.3 is 5.97 Å². The third-order valence-electron chi connectivity index (χ3n) is 7.54. The number of anilines is 1. The van der Waals surface area contributed by atoms with Crippen molar-refractivity contribution in [2.75, 3.05) is 19.1 Å². The summed E-state index contributed by atoms with van der Waals surface area (Å²) in [4.78, 5) is 21.2. The van der Waals surface area contributed by atoms with E-state index >= 15 is 0 Å². The average molecular weight is 608 g/mol. The average Bonchev–Trinajstić information content (AvgIpc) is 3.30. The highest BCUT2D eigenvalue weighted by atomic mass is 35.5. The Bertz CT molecular complexity index is 1570. The quantitative estimate of drug-likeness (QED) is 0.148. The van der Waals surface area contributed by atoms with Crippen molar-refractivity contribution in [2.45, 2.75) is 58.6 Å². The first-order valence-corrected chi connectivity index (χ1v) is 14.4. The molecule has 2 unspecified atom stereocenters. The Morgan fingerprint density at radius 2 is 2.14 bits per heavy atom. The van der Waals surface area contributed by atoms with Gasteiger partial charge in [-0.05, 0) is 55.2 Å². The lowest BCUT2D eigenvalue weighted by Crippen LogP contribution is -2.38. The maximum Gasteiger partial charge on any atom is 0.324 e. The number of aromatic nitrogens is 3. The predicted octanol–water partition coefficient (Wildman–Crippen LogP) is 4.39. The number of carbonyl (C=O) groups is 1. The van der Waals surface area contributed by atoms with Gasteiger partial charge in [0, 0.05) is 54.8 Å². The summed E-state index contributed by atoms with van der Waals surface area (Å²) >= 11 is 6.68.